The van der Waals surface area contributed by atoms with E-state index in [1.807, 2.05) is 0 Å². The molecule has 1 rings (SSSR count). The Morgan fingerprint density at radius 3 is 2.64 bits per heavy atom. The third kappa shape index (κ3) is 2.15. The average Bonchev–Trinajstić information content (AvgIpc) is 2.07. The largest absolute Gasteiger partial charge is 0.434 e. The molecule has 0 aliphatic carbocycles. The van der Waals surface area contributed by atoms with Crippen molar-refractivity contribution in [3.63, 3.8) is 0 Å². The molecule has 0 aliphatic rings. The zero-order valence-electron chi connectivity index (χ0n) is 6.77. The minimum atomic E-state index is -4.58. The number of hydrogen-bond acceptors (Lipinski definition) is 2. The number of aromatic nitrogens is 1. The summed E-state index contributed by atoms with van der Waals surface area (Å²) in [5.41, 5.74) is -1.01. The molecule has 0 saturated heterocycles. The molecule has 1 aromatic rings. The SMILES string of the molecule is N#CCc1ccnc(C(F)(F)F)c1Cl. The minimum absolute atomic E-state index is 0.136. The molecule has 0 N–H and O–H groups in total. The maximum Gasteiger partial charge on any atom is 0.434 e. The maximum absolute atomic E-state index is 12.2. The third-order valence-electron chi connectivity index (χ3n) is 1.51. The van der Waals surface area contributed by atoms with Gasteiger partial charge >= 0.3 is 6.18 Å². The highest BCUT2D eigenvalue weighted by molar-refractivity contribution is 6.32. The number of halogens is 4. The van der Waals surface area contributed by atoms with Crippen molar-refractivity contribution in [1.29, 1.82) is 5.26 Å². The highest BCUT2D eigenvalue weighted by Crippen LogP contribution is 2.34. The van der Waals surface area contributed by atoms with Crippen LogP contribution in [0.3, 0.4) is 0 Å². The number of alkyl halides is 3. The van der Waals surface area contributed by atoms with Gasteiger partial charge in [-0.3, -0.25) is 4.98 Å². The van der Waals surface area contributed by atoms with Gasteiger partial charge in [-0.1, -0.05) is 11.6 Å². The van der Waals surface area contributed by atoms with E-state index in [2.05, 4.69) is 4.98 Å². The van der Waals surface area contributed by atoms with Gasteiger partial charge in [0.25, 0.3) is 0 Å². The van der Waals surface area contributed by atoms with Crippen LogP contribution in [-0.4, -0.2) is 4.98 Å². The Morgan fingerprint density at radius 2 is 2.14 bits per heavy atom. The Morgan fingerprint density at radius 1 is 1.50 bits per heavy atom. The van der Waals surface area contributed by atoms with E-state index in [0.717, 1.165) is 6.20 Å². The molecule has 1 heterocycles. The fourth-order valence-electron chi connectivity index (χ4n) is 0.903. The van der Waals surface area contributed by atoms with Gasteiger partial charge in [0.15, 0.2) is 5.69 Å². The molecule has 6 heteroatoms. The average molecular weight is 221 g/mol. The first-order valence-corrected chi connectivity index (χ1v) is 3.92. The molecule has 0 spiro atoms. The van der Waals surface area contributed by atoms with Gasteiger partial charge in [0.1, 0.15) is 0 Å². The molecule has 0 amide bonds. The van der Waals surface area contributed by atoms with Gasteiger partial charge in [0.05, 0.1) is 17.5 Å². The summed E-state index contributed by atoms with van der Waals surface area (Å²) in [4.78, 5) is 3.13. The molecule has 0 saturated carbocycles. The van der Waals surface area contributed by atoms with Crippen LogP contribution in [0.4, 0.5) is 13.2 Å². The Bertz CT molecular complexity index is 381. The van der Waals surface area contributed by atoms with Crippen LogP contribution in [0.25, 0.3) is 0 Å². The molecule has 0 fully saturated rings. The highest BCUT2D eigenvalue weighted by atomic mass is 35.5. The van der Waals surface area contributed by atoms with Crippen molar-refractivity contribution in [1.82, 2.24) is 4.98 Å². The van der Waals surface area contributed by atoms with Crippen molar-refractivity contribution < 1.29 is 13.2 Å². The first-order chi connectivity index (χ1) is 6.46. The van der Waals surface area contributed by atoms with E-state index in [0.29, 0.717) is 0 Å². The van der Waals surface area contributed by atoms with E-state index < -0.39 is 16.9 Å². The summed E-state index contributed by atoms with van der Waals surface area (Å²) >= 11 is 5.44. The molecule has 0 aliphatic heterocycles. The predicted octanol–water partition coefficient (Wildman–Crippen LogP) is 2.82. The number of nitriles is 1. The smallest absolute Gasteiger partial charge is 0.250 e. The lowest BCUT2D eigenvalue weighted by Gasteiger charge is -2.08. The lowest BCUT2D eigenvalue weighted by molar-refractivity contribution is -0.141. The molecular formula is C8H4ClF3N2. The van der Waals surface area contributed by atoms with Gasteiger partial charge in [-0.25, -0.2) is 0 Å². The topological polar surface area (TPSA) is 36.7 Å². The number of pyridine rings is 1. The van der Waals surface area contributed by atoms with Crippen LogP contribution < -0.4 is 0 Å². The summed E-state index contributed by atoms with van der Waals surface area (Å²) in [5, 5.41) is 7.83. The molecular weight excluding hydrogens is 217 g/mol. The van der Waals surface area contributed by atoms with Gasteiger partial charge < -0.3 is 0 Å². The summed E-state index contributed by atoms with van der Waals surface area (Å²) in [5.74, 6) is 0. The first-order valence-electron chi connectivity index (χ1n) is 3.54. The highest BCUT2D eigenvalue weighted by Gasteiger charge is 2.35. The van der Waals surface area contributed by atoms with Gasteiger partial charge in [-0.15, -0.1) is 0 Å². The molecule has 74 valence electrons. The number of hydrogen-bond donors (Lipinski definition) is 0. The standard InChI is InChI=1S/C8H4ClF3N2/c9-6-5(1-3-13)2-4-14-7(6)8(10,11)12/h2,4H,1H2. The molecule has 0 bridgehead atoms. The zero-order valence-corrected chi connectivity index (χ0v) is 7.52. The van der Waals surface area contributed by atoms with Crippen molar-refractivity contribution in [2.75, 3.05) is 0 Å². The maximum atomic E-state index is 12.2. The van der Waals surface area contributed by atoms with Crippen LogP contribution in [0.15, 0.2) is 12.3 Å². The Labute approximate surface area is 82.9 Å². The fraction of sp³-hybridized carbons (Fsp3) is 0.250. The van der Waals surface area contributed by atoms with E-state index >= 15 is 0 Å². The summed E-state index contributed by atoms with van der Waals surface area (Å²) in [6.07, 6.45) is -3.76. The second-order valence-corrected chi connectivity index (χ2v) is 2.84. The molecule has 0 aromatic carbocycles. The van der Waals surface area contributed by atoms with Crippen LogP contribution in [0.5, 0.6) is 0 Å². The molecule has 14 heavy (non-hydrogen) atoms. The van der Waals surface area contributed by atoms with E-state index in [-0.39, 0.29) is 12.0 Å². The van der Waals surface area contributed by atoms with Crippen LogP contribution in [0.1, 0.15) is 11.3 Å². The lowest BCUT2D eigenvalue weighted by Crippen LogP contribution is -2.09. The van der Waals surface area contributed by atoms with Crippen molar-refractivity contribution >= 4 is 11.6 Å². The summed E-state index contributed by atoms with van der Waals surface area (Å²) in [6.45, 7) is 0. The summed E-state index contributed by atoms with van der Waals surface area (Å²) in [6, 6.07) is 3.02. The normalized spacial score (nSPS) is 11.1. The zero-order chi connectivity index (χ0) is 10.8. The van der Waals surface area contributed by atoms with Crippen molar-refractivity contribution in [2.45, 2.75) is 12.6 Å². The van der Waals surface area contributed by atoms with E-state index in [4.69, 9.17) is 16.9 Å². The van der Waals surface area contributed by atoms with E-state index in [9.17, 15) is 13.2 Å². The number of rotatable bonds is 1. The minimum Gasteiger partial charge on any atom is -0.250 e. The molecule has 2 nitrogen and oxygen atoms in total. The second kappa shape index (κ2) is 3.84. The Balaban J connectivity index is 3.22. The first kappa shape index (κ1) is 10.8. The van der Waals surface area contributed by atoms with Crippen molar-refractivity contribution in [3.8, 4) is 6.07 Å². The second-order valence-electron chi connectivity index (χ2n) is 2.47. The van der Waals surface area contributed by atoms with Crippen molar-refractivity contribution in [3.05, 3.63) is 28.5 Å². The van der Waals surface area contributed by atoms with Gasteiger partial charge in [0, 0.05) is 6.20 Å². The lowest BCUT2D eigenvalue weighted by atomic mass is 10.2. The van der Waals surface area contributed by atoms with Crippen LogP contribution in [-0.2, 0) is 12.6 Å². The van der Waals surface area contributed by atoms with Crippen molar-refractivity contribution in [2.24, 2.45) is 0 Å². The van der Waals surface area contributed by atoms with Crippen LogP contribution in [0.2, 0.25) is 5.02 Å². The fourth-order valence-corrected chi connectivity index (χ4v) is 1.19. The summed E-state index contributed by atoms with van der Waals surface area (Å²) in [7, 11) is 0. The quantitative estimate of drug-likeness (QED) is 0.730. The van der Waals surface area contributed by atoms with E-state index in [1.165, 1.54) is 6.07 Å². The molecule has 1 aromatic heterocycles. The monoisotopic (exact) mass is 220 g/mol. The molecule has 0 atom stereocenters. The molecule has 0 unspecified atom stereocenters. The van der Waals surface area contributed by atoms with Gasteiger partial charge in [-0.2, -0.15) is 18.4 Å². The molecule has 0 radical (unpaired) electrons. The Kier molecular flexibility index (Phi) is 2.96. The van der Waals surface area contributed by atoms with Gasteiger partial charge in [-0.05, 0) is 11.6 Å². The van der Waals surface area contributed by atoms with Crippen LogP contribution >= 0.6 is 11.6 Å². The van der Waals surface area contributed by atoms with Crippen LogP contribution in [0, 0.1) is 11.3 Å². The van der Waals surface area contributed by atoms with E-state index in [1.54, 1.807) is 6.07 Å². The predicted molar refractivity (Wildman–Crippen MR) is 43.6 cm³/mol. The Hall–Kier alpha value is -1.28. The summed E-state index contributed by atoms with van der Waals surface area (Å²) < 4.78 is 36.7. The third-order valence-corrected chi connectivity index (χ3v) is 1.93. The van der Waals surface area contributed by atoms with Gasteiger partial charge in [0.2, 0.25) is 0 Å². The number of nitrogens with zero attached hydrogens (tertiary/aromatic N) is 2.